The number of aliphatic hydroxyl groups excluding tert-OH is 1. The molecule has 2 rings (SSSR count). The van der Waals surface area contributed by atoms with Crippen molar-refractivity contribution < 1.29 is 19.5 Å². The van der Waals surface area contributed by atoms with Crippen LogP contribution in [0.4, 0.5) is 0 Å². The highest BCUT2D eigenvalue weighted by Crippen LogP contribution is 2.29. The molecule has 1 aromatic carbocycles. The van der Waals surface area contributed by atoms with Crippen LogP contribution in [-0.2, 0) is 4.79 Å². The maximum absolute atomic E-state index is 12.0. The molecule has 1 aliphatic rings. The molecule has 6 nitrogen and oxygen atoms in total. The number of alkyl halides is 3. The molecular formula is C12H9Cl3N2O4. The van der Waals surface area contributed by atoms with E-state index in [4.69, 9.17) is 34.8 Å². The van der Waals surface area contributed by atoms with Crippen molar-refractivity contribution in [1.82, 2.24) is 10.2 Å². The molecule has 0 unspecified atom stereocenters. The van der Waals surface area contributed by atoms with Crippen LogP contribution in [-0.4, -0.2) is 44.3 Å². The molecule has 21 heavy (non-hydrogen) atoms. The third-order valence-corrected chi connectivity index (χ3v) is 3.41. The van der Waals surface area contributed by atoms with E-state index in [2.05, 4.69) is 0 Å². The van der Waals surface area contributed by atoms with E-state index >= 15 is 0 Å². The Kier molecular flexibility index (Phi) is 4.43. The number of nitrogens with zero attached hydrogens (tertiary/aromatic N) is 1. The third kappa shape index (κ3) is 3.29. The van der Waals surface area contributed by atoms with Gasteiger partial charge in [-0.15, -0.1) is 0 Å². The number of hydrogen-bond donors (Lipinski definition) is 2. The molecule has 3 amide bonds. The number of amides is 3. The van der Waals surface area contributed by atoms with Crippen LogP contribution in [0.3, 0.4) is 0 Å². The smallest absolute Gasteiger partial charge is 0.262 e. The van der Waals surface area contributed by atoms with Gasteiger partial charge in [-0.2, -0.15) is 0 Å². The van der Waals surface area contributed by atoms with Gasteiger partial charge in [0.15, 0.2) is 6.23 Å². The van der Waals surface area contributed by atoms with Gasteiger partial charge in [0, 0.05) is 0 Å². The maximum Gasteiger partial charge on any atom is 0.262 e. The summed E-state index contributed by atoms with van der Waals surface area (Å²) in [6.45, 7) is -0.579. The van der Waals surface area contributed by atoms with E-state index < -0.39 is 34.3 Å². The van der Waals surface area contributed by atoms with E-state index in [-0.39, 0.29) is 11.1 Å². The average molecular weight is 352 g/mol. The number of imide groups is 1. The van der Waals surface area contributed by atoms with Gasteiger partial charge in [0.2, 0.25) is 9.70 Å². The highest BCUT2D eigenvalue weighted by atomic mass is 35.6. The van der Waals surface area contributed by atoms with Crippen molar-refractivity contribution >= 4 is 52.5 Å². The van der Waals surface area contributed by atoms with Crippen LogP contribution in [0, 0.1) is 0 Å². The zero-order valence-electron chi connectivity index (χ0n) is 10.3. The first-order valence-electron chi connectivity index (χ1n) is 5.71. The third-order valence-electron chi connectivity index (χ3n) is 2.79. The number of carbonyl (C=O) groups is 3. The topological polar surface area (TPSA) is 86.7 Å². The predicted molar refractivity (Wildman–Crippen MR) is 76.2 cm³/mol. The Morgan fingerprint density at radius 2 is 1.67 bits per heavy atom. The molecule has 1 heterocycles. The van der Waals surface area contributed by atoms with Crippen molar-refractivity contribution in [2.45, 2.75) is 10.0 Å². The Balaban J connectivity index is 2.07. The van der Waals surface area contributed by atoms with Gasteiger partial charge in [-0.1, -0.05) is 46.9 Å². The summed E-state index contributed by atoms with van der Waals surface area (Å²) in [4.78, 5) is 36.5. The summed E-state index contributed by atoms with van der Waals surface area (Å²) < 4.78 is -2.11. The van der Waals surface area contributed by atoms with Gasteiger partial charge < -0.3 is 10.4 Å². The standard InChI is InChI=1S/C12H9Cl3N2O4/c13-12(14,15)11(21)16-8(18)5-17-9(19)6-3-1-2-4-7(6)10(17)20/h1-4,11,21H,5H2,(H,16,18)/t11-/m0/s1. The second-order valence-electron chi connectivity index (χ2n) is 4.25. The minimum Gasteiger partial charge on any atom is -0.369 e. The molecule has 0 fully saturated rings. The minimum atomic E-state index is -2.11. The lowest BCUT2D eigenvalue weighted by molar-refractivity contribution is -0.124. The summed E-state index contributed by atoms with van der Waals surface area (Å²) in [5.41, 5.74) is 0.439. The van der Waals surface area contributed by atoms with Gasteiger partial charge >= 0.3 is 0 Å². The number of halogens is 3. The summed E-state index contributed by atoms with van der Waals surface area (Å²) in [5, 5.41) is 11.4. The summed E-state index contributed by atoms with van der Waals surface area (Å²) >= 11 is 16.2. The van der Waals surface area contributed by atoms with E-state index in [1.807, 2.05) is 5.32 Å². The van der Waals surface area contributed by atoms with Crippen molar-refractivity contribution in [3.8, 4) is 0 Å². The van der Waals surface area contributed by atoms with E-state index in [9.17, 15) is 19.5 Å². The van der Waals surface area contributed by atoms with Gasteiger partial charge in [0.1, 0.15) is 6.54 Å². The van der Waals surface area contributed by atoms with Crippen LogP contribution in [0.25, 0.3) is 0 Å². The fraction of sp³-hybridized carbons (Fsp3) is 0.250. The number of carbonyl (C=O) groups excluding carboxylic acids is 3. The molecule has 2 N–H and O–H groups in total. The summed E-state index contributed by atoms with van der Waals surface area (Å²) in [6.07, 6.45) is -1.76. The second-order valence-corrected chi connectivity index (χ2v) is 6.62. The zero-order chi connectivity index (χ0) is 15.8. The average Bonchev–Trinajstić information content (AvgIpc) is 2.63. The number of rotatable bonds is 3. The predicted octanol–water partition coefficient (Wildman–Crippen LogP) is 1.09. The molecular weight excluding hydrogens is 343 g/mol. The Hall–Kier alpha value is -1.34. The SMILES string of the molecule is O=C(CN1C(=O)c2ccccc2C1=O)N[C@@H](O)C(Cl)(Cl)Cl. The van der Waals surface area contributed by atoms with Crippen LogP contribution in [0.5, 0.6) is 0 Å². The molecule has 112 valence electrons. The van der Waals surface area contributed by atoms with Crippen molar-refractivity contribution in [2.75, 3.05) is 6.54 Å². The zero-order valence-corrected chi connectivity index (χ0v) is 12.6. The largest absolute Gasteiger partial charge is 0.369 e. The van der Waals surface area contributed by atoms with E-state index in [1.54, 1.807) is 12.1 Å². The van der Waals surface area contributed by atoms with Gasteiger partial charge in [0.25, 0.3) is 11.8 Å². The molecule has 0 radical (unpaired) electrons. The first-order chi connectivity index (χ1) is 9.71. The van der Waals surface area contributed by atoms with Crippen LogP contribution in [0.1, 0.15) is 20.7 Å². The van der Waals surface area contributed by atoms with Crippen molar-refractivity contribution in [3.05, 3.63) is 35.4 Å². The van der Waals surface area contributed by atoms with Gasteiger partial charge in [-0.3, -0.25) is 19.3 Å². The number of aliphatic hydroxyl groups is 1. The molecule has 0 saturated heterocycles. The second kappa shape index (κ2) is 5.81. The summed E-state index contributed by atoms with van der Waals surface area (Å²) in [6, 6.07) is 6.20. The molecule has 1 aromatic rings. The lowest BCUT2D eigenvalue weighted by Gasteiger charge is -2.21. The van der Waals surface area contributed by atoms with Crippen molar-refractivity contribution in [1.29, 1.82) is 0 Å². The summed E-state index contributed by atoms with van der Waals surface area (Å²) in [7, 11) is 0. The van der Waals surface area contributed by atoms with Crippen molar-refractivity contribution in [3.63, 3.8) is 0 Å². The highest BCUT2D eigenvalue weighted by molar-refractivity contribution is 6.68. The lowest BCUT2D eigenvalue weighted by Crippen LogP contribution is -2.48. The number of fused-ring (bicyclic) bond motifs is 1. The van der Waals surface area contributed by atoms with Crippen LogP contribution < -0.4 is 5.32 Å². The highest BCUT2D eigenvalue weighted by Gasteiger charge is 2.38. The molecule has 1 atom stereocenters. The van der Waals surface area contributed by atoms with Crippen LogP contribution in [0.2, 0.25) is 0 Å². The summed E-state index contributed by atoms with van der Waals surface area (Å²) in [5.74, 6) is -2.01. The molecule has 9 heteroatoms. The number of benzene rings is 1. The molecule has 0 aliphatic carbocycles. The van der Waals surface area contributed by atoms with Gasteiger partial charge in [0.05, 0.1) is 11.1 Å². The number of nitrogens with one attached hydrogen (secondary N) is 1. The fourth-order valence-corrected chi connectivity index (χ4v) is 1.97. The van der Waals surface area contributed by atoms with Crippen molar-refractivity contribution in [2.24, 2.45) is 0 Å². The van der Waals surface area contributed by atoms with Crippen LogP contribution >= 0.6 is 34.8 Å². The van der Waals surface area contributed by atoms with E-state index in [0.29, 0.717) is 0 Å². The van der Waals surface area contributed by atoms with E-state index in [1.165, 1.54) is 12.1 Å². The Morgan fingerprint density at radius 1 is 1.19 bits per heavy atom. The maximum atomic E-state index is 12.0. The molecule has 0 spiro atoms. The Labute approximate surface area is 134 Å². The Bertz CT molecular complexity index is 580. The minimum absolute atomic E-state index is 0.220. The fourth-order valence-electron chi connectivity index (χ4n) is 1.81. The first-order valence-corrected chi connectivity index (χ1v) is 6.84. The molecule has 0 bridgehead atoms. The quantitative estimate of drug-likeness (QED) is 0.485. The van der Waals surface area contributed by atoms with Gasteiger partial charge in [-0.25, -0.2) is 0 Å². The molecule has 0 aromatic heterocycles. The van der Waals surface area contributed by atoms with E-state index in [0.717, 1.165) is 4.90 Å². The molecule has 0 saturated carbocycles. The number of hydrogen-bond acceptors (Lipinski definition) is 4. The first kappa shape index (κ1) is 16.0. The monoisotopic (exact) mass is 350 g/mol. The molecule has 1 aliphatic heterocycles. The Morgan fingerprint density at radius 3 is 2.10 bits per heavy atom. The lowest BCUT2D eigenvalue weighted by atomic mass is 10.1. The normalized spacial score (nSPS) is 15.9. The van der Waals surface area contributed by atoms with Crippen LogP contribution in [0.15, 0.2) is 24.3 Å². The van der Waals surface area contributed by atoms with Gasteiger partial charge in [-0.05, 0) is 12.1 Å².